The van der Waals surface area contributed by atoms with Crippen molar-refractivity contribution in [2.24, 2.45) is 0 Å². The Hall–Kier alpha value is -1.56. The van der Waals surface area contributed by atoms with Crippen LogP contribution >= 0.6 is 0 Å². The van der Waals surface area contributed by atoms with Crippen LogP contribution in [0.3, 0.4) is 0 Å². The van der Waals surface area contributed by atoms with Gasteiger partial charge < -0.3 is 0 Å². The highest BCUT2D eigenvalue weighted by Gasteiger charge is 1.79. The first-order chi connectivity index (χ1) is 8.79. The van der Waals surface area contributed by atoms with Crippen LogP contribution in [0.25, 0.3) is 0 Å². The molecule has 0 unspecified atom stereocenters. The Labute approximate surface area is 114 Å². The first kappa shape index (κ1) is 18.8. The third-order valence-electron chi connectivity index (χ3n) is 1.88. The summed E-state index contributed by atoms with van der Waals surface area (Å²) in [5.74, 6) is 0. The van der Waals surface area contributed by atoms with Crippen molar-refractivity contribution in [2.45, 2.75) is 41.5 Å². The second kappa shape index (κ2) is 15.4. The molecule has 2 aromatic rings. The average Bonchev–Trinajstić information content (AvgIpc) is 2.49. The Balaban J connectivity index is 0. The van der Waals surface area contributed by atoms with Crippen molar-refractivity contribution in [1.29, 1.82) is 0 Å². The summed E-state index contributed by atoms with van der Waals surface area (Å²) in [6, 6.07) is 20.5. The van der Waals surface area contributed by atoms with Crippen LogP contribution in [-0.2, 0) is 0 Å². The number of benzene rings is 2. The minimum atomic E-state index is 1.33. The molecule has 0 heteroatoms. The molecule has 0 atom stereocenters. The molecule has 0 N–H and O–H groups in total. The van der Waals surface area contributed by atoms with E-state index in [1.54, 1.807) is 0 Å². The van der Waals surface area contributed by atoms with Gasteiger partial charge in [-0.1, -0.05) is 99.5 Å². The van der Waals surface area contributed by atoms with Crippen LogP contribution in [0.15, 0.2) is 60.7 Å². The molecule has 0 aliphatic heterocycles. The third kappa shape index (κ3) is 12.5. The second-order valence-electron chi connectivity index (χ2n) is 3.31. The van der Waals surface area contributed by atoms with E-state index in [4.69, 9.17) is 0 Å². The lowest BCUT2D eigenvalue weighted by molar-refractivity contribution is 1.40. The summed E-state index contributed by atoms with van der Waals surface area (Å²) in [5.41, 5.74) is 2.66. The smallest absolute Gasteiger partial charge is 0.0398 e. The molecule has 0 nitrogen and oxygen atoms in total. The maximum Gasteiger partial charge on any atom is -0.0398 e. The molecule has 0 saturated carbocycles. The van der Waals surface area contributed by atoms with E-state index >= 15 is 0 Å². The summed E-state index contributed by atoms with van der Waals surface area (Å²) in [7, 11) is 0. The van der Waals surface area contributed by atoms with Gasteiger partial charge >= 0.3 is 0 Å². The van der Waals surface area contributed by atoms with Crippen molar-refractivity contribution in [2.75, 3.05) is 0 Å². The predicted octanol–water partition coefficient (Wildman–Crippen LogP) is 6.04. The molecule has 0 spiro atoms. The van der Waals surface area contributed by atoms with Gasteiger partial charge in [-0.2, -0.15) is 0 Å². The number of hydrogen-bond acceptors (Lipinski definition) is 0. The first-order valence-electron chi connectivity index (χ1n) is 6.82. The van der Waals surface area contributed by atoms with Crippen LogP contribution in [-0.4, -0.2) is 0 Å². The molecule has 0 radical (unpaired) electrons. The van der Waals surface area contributed by atoms with Crippen molar-refractivity contribution in [1.82, 2.24) is 0 Å². The van der Waals surface area contributed by atoms with E-state index in [1.165, 1.54) is 11.1 Å². The molecule has 0 amide bonds. The maximum absolute atomic E-state index is 2.12. The Morgan fingerprint density at radius 1 is 0.444 bits per heavy atom. The standard InChI is InChI=1S/C8H10.C6H6.2C2H6/c1-7-3-5-8(2)6-4-7;1-2-4-6-5-3-1;2*1-2/h3-6H,1-2H3;1-6H;2*1-2H3. The average molecular weight is 244 g/mol. The number of aryl methyl sites for hydroxylation is 2. The van der Waals surface area contributed by atoms with Gasteiger partial charge in [0.2, 0.25) is 0 Å². The summed E-state index contributed by atoms with van der Waals surface area (Å²) in [4.78, 5) is 0. The molecule has 2 rings (SSSR count). The van der Waals surface area contributed by atoms with E-state index < -0.39 is 0 Å². The van der Waals surface area contributed by atoms with E-state index in [2.05, 4.69) is 38.1 Å². The highest BCUT2D eigenvalue weighted by molar-refractivity contribution is 5.19. The van der Waals surface area contributed by atoms with Crippen molar-refractivity contribution in [3.63, 3.8) is 0 Å². The van der Waals surface area contributed by atoms with Gasteiger partial charge in [-0.3, -0.25) is 0 Å². The quantitative estimate of drug-likeness (QED) is 0.530. The Kier molecular flexibility index (Phi) is 16.1. The Bertz CT molecular complexity index is 284. The van der Waals surface area contributed by atoms with Crippen LogP contribution in [0.2, 0.25) is 0 Å². The lowest BCUT2D eigenvalue weighted by Crippen LogP contribution is -1.70. The topological polar surface area (TPSA) is 0 Å². The fraction of sp³-hybridized carbons (Fsp3) is 0.333. The van der Waals surface area contributed by atoms with Crippen LogP contribution in [0.4, 0.5) is 0 Å². The summed E-state index contributed by atoms with van der Waals surface area (Å²) >= 11 is 0. The third-order valence-corrected chi connectivity index (χ3v) is 1.88. The van der Waals surface area contributed by atoms with Gasteiger partial charge in [-0.05, 0) is 13.8 Å². The van der Waals surface area contributed by atoms with Gasteiger partial charge in [0, 0.05) is 0 Å². The largest absolute Gasteiger partial charge is 0.0683 e. The number of hydrogen-bond donors (Lipinski definition) is 0. The second-order valence-corrected chi connectivity index (χ2v) is 3.31. The molecule has 0 fully saturated rings. The molecule has 18 heavy (non-hydrogen) atoms. The summed E-state index contributed by atoms with van der Waals surface area (Å²) in [6.45, 7) is 12.2. The fourth-order valence-corrected chi connectivity index (χ4v) is 1.02. The molecular weight excluding hydrogens is 216 g/mol. The minimum Gasteiger partial charge on any atom is -0.0683 e. The van der Waals surface area contributed by atoms with E-state index in [-0.39, 0.29) is 0 Å². The molecule has 0 heterocycles. The van der Waals surface area contributed by atoms with Gasteiger partial charge in [0.05, 0.1) is 0 Å². The van der Waals surface area contributed by atoms with Gasteiger partial charge in [0.15, 0.2) is 0 Å². The van der Waals surface area contributed by atoms with Crippen molar-refractivity contribution in [3.8, 4) is 0 Å². The summed E-state index contributed by atoms with van der Waals surface area (Å²) in [5, 5.41) is 0. The zero-order valence-electron chi connectivity index (χ0n) is 12.8. The molecule has 2 aromatic carbocycles. The zero-order chi connectivity index (χ0) is 14.2. The van der Waals surface area contributed by atoms with E-state index in [0.29, 0.717) is 0 Å². The minimum absolute atomic E-state index is 1.33. The molecule has 0 aliphatic carbocycles. The molecule has 0 aliphatic rings. The van der Waals surface area contributed by atoms with Crippen LogP contribution in [0.1, 0.15) is 38.8 Å². The van der Waals surface area contributed by atoms with E-state index in [1.807, 2.05) is 64.1 Å². The highest BCUT2D eigenvalue weighted by Crippen LogP contribution is 1.99. The van der Waals surface area contributed by atoms with Crippen molar-refractivity contribution >= 4 is 0 Å². The maximum atomic E-state index is 2.12. The van der Waals surface area contributed by atoms with Crippen LogP contribution in [0.5, 0.6) is 0 Å². The molecule has 0 saturated heterocycles. The predicted molar refractivity (Wildman–Crippen MR) is 85.1 cm³/mol. The van der Waals surface area contributed by atoms with E-state index in [9.17, 15) is 0 Å². The summed E-state index contributed by atoms with van der Waals surface area (Å²) in [6.07, 6.45) is 0. The van der Waals surface area contributed by atoms with Gasteiger partial charge in [0.1, 0.15) is 0 Å². The summed E-state index contributed by atoms with van der Waals surface area (Å²) < 4.78 is 0. The normalized spacial score (nSPS) is 7.44. The first-order valence-corrected chi connectivity index (χ1v) is 6.82. The van der Waals surface area contributed by atoms with Crippen LogP contribution < -0.4 is 0 Å². The molecule has 0 aromatic heterocycles. The zero-order valence-corrected chi connectivity index (χ0v) is 12.8. The lowest BCUT2D eigenvalue weighted by atomic mass is 10.2. The molecule has 0 bridgehead atoms. The molecular formula is C18H28. The number of rotatable bonds is 0. The van der Waals surface area contributed by atoms with Crippen LogP contribution in [0, 0.1) is 13.8 Å². The van der Waals surface area contributed by atoms with Gasteiger partial charge in [-0.25, -0.2) is 0 Å². The monoisotopic (exact) mass is 244 g/mol. The fourth-order valence-electron chi connectivity index (χ4n) is 1.02. The van der Waals surface area contributed by atoms with Crippen molar-refractivity contribution in [3.05, 3.63) is 71.8 Å². The SMILES string of the molecule is CC.CC.Cc1ccc(C)cc1.c1ccccc1. The lowest BCUT2D eigenvalue weighted by Gasteiger charge is -1.90. The highest BCUT2D eigenvalue weighted by atomic mass is 13.9. The van der Waals surface area contributed by atoms with E-state index in [0.717, 1.165) is 0 Å². The Morgan fingerprint density at radius 2 is 0.611 bits per heavy atom. The Morgan fingerprint density at radius 3 is 0.778 bits per heavy atom. The van der Waals surface area contributed by atoms with Gasteiger partial charge in [0.25, 0.3) is 0 Å². The molecule has 100 valence electrons. The van der Waals surface area contributed by atoms with Crippen molar-refractivity contribution < 1.29 is 0 Å². The van der Waals surface area contributed by atoms with Gasteiger partial charge in [-0.15, -0.1) is 0 Å².